The molecule has 1 aliphatic rings. The van der Waals surface area contributed by atoms with Gasteiger partial charge in [0, 0.05) is 0 Å². The molecule has 1 unspecified atom stereocenters. The highest BCUT2D eigenvalue weighted by molar-refractivity contribution is 5.81. The van der Waals surface area contributed by atoms with Gasteiger partial charge in [0.05, 0.1) is 13.2 Å². The Morgan fingerprint density at radius 3 is 1.80 bits per heavy atom. The smallest absolute Gasteiger partial charge is 0.407 e. The van der Waals surface area contributed by atoms with Crippen LogP contribution < -0.4 is 5.32 Å². The van der Waals surface area contributed by atoms with Crippen LogP contribution in [0.4, 0.5) is 4.79 Å². The zero-order valence-corrected chi connectivity index (χ0v) is 19.7. The number of carbonyl (C=O) groups excluding carboxylic acids is 2. The molecule has 1 saturated carbocycles. The van der Waals surface area contributed by atoms with E-state index < -0.39 is 12.1 Å². The first-order chi connectivity index (χ1) is 14.7. The standard InChI is InChI=1S/C25H47NO4/c1-3-5-7-9-11-16-20-29-24(27)23(22-18-14-13-15-19-22)26-25(28)30-21-17-12-10-8-6-4-2/h22-23H,3-21H2,1-2H3,(H,26,28). The molecule has 1 N–H and O–H groups in total. The maximum atomic E-state index is 12.7. The van der Waals surface area contributed by atoms with Crippen LogP contribution in [0, 0.1) is 5.92 Å². The molecule has 0 spiro atoms. The van der Waals surface area contributed by atoms with Crippen molar-refractivity contribution in [3.63, 3.8) is 0 Å². The van der Waals surface area contributed by atoms with E-state index in [-0.39, 0.29) is 11.9 Å². The Bertz CT molecular complexity index is 435. The van der Waals surface area contributed by atoms with Gasteiger partial charge < -0.3 is 14.8 Å². The van der Waals surface area contributed by atoms with Crippen LogP contribution in [0.25, 0.3) is 0 Å². The Morgan fingerprint density at radius 1 is 0.733 bits per heavy atom. The van der Waals surface area contributed by atoms with Crippen molar-refractivity contribution in [1.29, 1.82) is 0 Å². The fourth-order valence-corrected chi connectivity index (χ4v) is 4.20. The van der Waals surface area contributed by atoms with Crippen molar-refractivity contribution >= 4 is 12.1 Å². The molecule has 0 aromatic carbocycles. The van der Waals surface area contributed by atoms with Gasteiger partial charge in [0.25, 0.3) is 0 Å². The number of rotatable bonds is 17. The maximum absolute atomic E-state index is 12.7. The molecule has 1 amide bonds. The summed E-state index contributed by atoms with van der Waals surface area (Å²) in [7, 11) is 0. The van der Waals surface area contributed by atoms with Gasteiger partial charge in [-0.3, -0.25) is 0 Å². The monoisotopic (exact) mass is 425 g/mol. The van der Waals surface area contributed by atoms with E-state index in [9.17, 15) is 9.59 Å². The zero-order valence-electron chi connectivity index (χ0n) is 19.7. The second-order valence-corrected chi connectivity index (χ2v) is 8.86. The predicted octanol–water partition coefficient (Wildman–Crippen LogP) is 6.93. The number of hydrogen-bond donors (Lipinski definition) is 1. The first-order valence-electron chi connectivity index (χ1n) is 12.8. The lowest BCUT2D eigenvalue weighted by molar-refractivity contribution is -0.148. The summed E-state index contributed by atoms with van der Waals surface area (Å²) in [6.45, 7) is 5.28. The number of hydrogen-bond acceptors (Lipinski definition) is 4. The fourth-order valence-electron chi connectivity index (χ4n) is 4.20. The predicted molar refractivity (Wildman–Crippen MR) is 123 cm³/mol. The minimum Gasteiger partial charge on any atom is -0.464 e. The summed E-state index contributed by atoms with van der Waals surface area (Å²) in [5.74, 6) is -0.121. The molecular formula is C25H47NO4. The van der Waals surface area contributed by atoms with Gasteiger partial charge in [0.2, 0.25) is 0 Å². The van der Waals surface area contributed by atoms with Gasteiger partial charge in [-0.15, -0.1) is 0 Å². The van der Waals surface area contributed by atoms with Crippen LogP contribution in [-0.2, 0) is 14.3 Å². The van der Waals surface area contributed by atoms with Crippen LogP contribution in [0.5, 0.6) is 0 Å². The maximum Gasteiger partial charge on any atom is 0.407 e. The molecule has 1 atom stereocenters. The minimum atomic E-state index is -0.567. The van der Waals surface area contributed by atoms with Crippen molar-refractivity contribution in [2.45, 2.75) is 129 Å². The number of alkyl carbamates (subject to hydrolysis) is 1. The average Bonchev–Trinajstić information content (AvgIpc) is 2.76. The highest BCUT2D eigenvalue weighted by atomic mass is 16.6. The topological polar surface area (TPSA) is 64.6 Å². The Hall–Kier alpha value is -1.26. The summed E-state index contributed by atoms with van der Waals surface area (Å²) in [4.78, 5) is 25.0. The molecule has 1 rings (SSSR count). The van der Waals surface area contributed by atoms with Crippen LogP contribution in [0.2, 0.25) is 0 Å². The molecule has 30 heavy (non-hydrogen) atoms. The van der Waals surface area contributed by atoms with Crippen molar-refractivity contribution < 1.29 is 19.1 Å². The molecule has 5 nitrogen and oxygen atoms in total. The fraction of sp³-hybridized carbons (Fsp3) is 0.920. The zero-order chi connectivity index (χ0) is 21.9. The van der Waals surface area contributed by atoms with Crippen molar-refractivity contribution in [3.05, 3.63) is 0 Å². The molecule has 0 radical (unpaired) electrons. The van der Waals surface area contributed by atoms with Gasteiger partial charge in [0.15, 0.2) is 0 Å². The molecule has 0 aromatic rings. The van der Waals surface area contributed by atoms with E-state index in [4.69, 9.17) is 9.47 Å². The molecule has 5 heteroatoms. The number of nitrogens with one attached hydrogen (secondary N) is 1. The molecule has 0 aromatic heterocycles. The SMILES string of the molecule is CCCCCCCCOC(=O)NC(C(=O)OCCCCCCCC)C1CCCCC1. The van der Waals surface area contributed by atoms with E-state index >= 15 is 0 Å². The van der Waals surface area contributed by atoms with Crippen LogP contribution in [0.1, 0.15) is 123 Å². The van der Waals surface area contributed by atoms with Crippen molar-refractivity contribution in [3.8, 4) is 0 Å². The van der Waals surface area contributed by atoms with Gasteiger partial charge in [0.1, 0.15) is 6.04 Å². The lowest BCUT2D eigenvalue weighted by Gasteiger charge is -2.29. The van der Waals surface area contributed by atoms with E-state index in [1.165, 1.54) is 57.8 Å². The normalized spacial score (nSPS) is 15.5. The van der Waals surface area contributed by atoms with Gasteiger partial charge in [-0.1, -0.05) is 97.3 Å². The molecular weight excluding hydrogens is 378 g/mol. The Kier molecular flexibility index (Phi) is 16.5. The number of amides is 1. The summed E-state index contributed by atoms with van der Waals surface area (Å²) in [6, 6.07) is -0.567. The lowest BCUT2D eigenvalue weighted by atomic mass is 9.84. The van der Waals surface area contributed by atoms with Gasteiger partial charge in [-0.05, 0) is 31.6 Å². The van der Waals surface area contributed by atoms with Crippen LogP contribution in [-0.4, -0.2) is 31.3 Å². The first-order valence-corrected chi connectivity index (χ1v) is 12.8. The Labute approximate surface area is 185 Å². The second-order valence-electron chi connectivity index (χ2n) is 8.86. The summed E-state index contributed by atoms with van der Waals surface area (Å²) in [5, 5.41) is 2.83. The first kappa shape index (κ1) is 26.8. The third kappa shape index (κ3) is 13.1. The van der Waals surface area contributed by atoms with E-state index in [0.29, 0.717) is 13.2 Å². The number of carbonyl (C=O) groups is 2. The van der Waals surface area contributed by atoms with Crippen LogP contribution >= 0.6 is 0 Å². The largest absolute Gasteiger partial charge is 0.464 e. The van der Waals surface area contributed by atoms with Crippen LogP contribution in [0.3, 0.4) is 0 Å². The van der Waals surface area contributed by atoms with Crippen molar-refractivity contribution in [1.82, 2.24) is 5.32 Å². The highest BCUT2D eigenvalue weighted by Crippen LogP contribution is 2.27. The summed E-state index contributed by atoms with van der Waals surface area (Å²) in [6.07, 6.45) is 18.7. The summed E-state index contributed by atoms with van der Waals surface area (Å²) >= 11 is 0. The third-order valence-electron chi connectivity index (χ3n) is 6.12. The van der Waals surface area contributed by atoms with Gasteiger partial charge in [-0.2, -0.15) is 0 Å². The quantitative estimate of drug-likeness (QED) is 0.203. The van der Waals surface area contributed by atoms with E-state index in [1.807, 2.05) is 0 Å². The minimum absolute atomic E-state index is 0.164. The average molecular weight is 426 g/mol. The van der Waals surface area contributed by atoms with Gasteiger partial charge in [-0.25, -0.2) is 9.59 Å². The molecule has 1 aliphatic carbocycles. The molecule has 0 saturated heterocycles. The van der Waals surface area contributed by atoms with E-state index in [2.05, 4.69) is 19.2 Å². The van der Waals surface area contributed by atoms with Crippen LogP contribution in [0.15, 0.2) is 0 Å². The Balaban J connectivity index is 2.32. The molecule has 0 heterocycles. The summed E-state index contributed by atoms with van der Waals surface area (Å²) < 4.78 is 10.9. The molecule has 1 fully saturated rings. The molecule has 0 bridgehead atoms. The molecule has 0 aliphatic heterocycles. The lowest BCUT2D eigenvalue weighted by Crippen LogP contribution is -2.47. The highest BCUT2D eigenvalue weighted by Gasteiger charge is 2.32. The number of ether oxygens (including phenoxy) is 2. The molecule has 176 valence electrons. The second kappa shape index (κ2) is 18.5. The summed E-state index contributed by atoms with van der Waals surface area (Å²) in [5.41, 5.74) is 0. The van der Waals surface area contributed by atoms with Crippen molar-refractivity contribution in [2.24, 2.45) is 5.92 Å². The number of esters is 1. The van der Waals surface area contributed by atoms with Gasteiger partial charge >= 0.3 is 12.1 Å². The third-order valence-corrected chi connectivity index (χ3v) is 6.12. The number of unbranched alkanes of at least 4 members (excludes halogenated alkanes) is 10. The van der Waals surface area contributed by atoms with E-state index in [0.717, 1.165) is 51.4 Å². The van der Waals surface area contributed by atoms with E-state index in [1.54, 1.807) is 0 Å². The Morgan fingerprint density at radius 2 is 1.23 bits per heavy atom. The van der Waals surface area contributed by atoms with Crippen molar-refractivity contribution in [2.75, 3.05) is 13.2 Å².